The van der Waals surface area contributed by atoms with Crippen LogP contribution >= 0.6 is 0 Å². The van der Waals surface area contributed by atoms with Crippen LogP contribution in [0.4, 0.5) is 0 Å². The van der Waals surface area contributed by atoms with Gasteiger partial charge in [-0.2, -0.15) is 0 Å². The quantitative estimate of drug-likeness (QED) is 0.690. The largest absolute Gasteiger partial charge is 0.502 e. The molecule has 1 unspecified atom stereocenters. The molecule has 0 radical (unpaired) electrons. The molecule has 1 atom stereocenters. The normalized spacial score (nSPS) is 19.4. The molecular weight excluding hydrogens is 460 g/mol. The number of aryl methyl sites for hydroxylation is 1. The van der Waals surface area contributed by atoms with Gasteiger partial charge in [0.2, 0.25) is 11.7 Å². The molecule has 2 bridgehead atoms. The number of piperidine rings is 1. The molecule has 0 aromatic heterocycles. The topological polar surface area (TPSA) is 88.5 Å². The number of hydrogen-bond acceptors (Lipinski definition) is 6. The number of aromatic hydroxyl groups is 1. The molecule has 2 aromatic carbocycles. The fraction of sp³-hybridized carbons (Fsp3) is 0.500. The van der Waals surface area contributed by atoms with E-state index in [0.717, 1.165) is 44.4 Å². The summed E-state index contributed by atoms with van der Waals surface area (Å²) in [4.78, 5) is 30.4. The lowest BCUT2D eigenvalue weighted by Crippen LogP contribution is -2.44. The van der Waals surface area contributed by atoms with Crippen molar-refractivity contribution in [2.45, 2.75) is 51.0 Å². The third-order valence-electron chi connectivity index (χ3n) is 7.07. The third-order valence-corrected chi connectivity index (χ3v) is 7.07. The number of methoxy groups -OCH3 is 2. The summed E-state index contributed by atoms with van der Waals surface area (Å²) in [6.07, 6.45) is 6.05. The zero-order chi connectivity index (χ0) is 25.5. The SMILES string of the molecule is COc1cc(C(=O)N2CCCC(=O)N3CCCCC3CCc3cccc(c3)OCC2)cc(OC)c1O. The van der Waals surface area contributed by atoms with Crippen LogP contribution in [0.3, 0.4) is 0 Å². The standard InChI is InChI=1S/C28H36N2O6/c1-34-24-18-21(19-25(35-2)27(24)32)28(33)29-13-6-10-26(31)30-14-4-3-8-22(30)12-11-20-7-5-9-23(17-20)36-16-15-29/h5,7,9,17-19,22,32H,3-4,6,8,10-16H2,1-2H3. The fourth-order valence-electron chi connectivity index (χ4n) is 5.11. The van der Waals surface area contributed by atoms with E-state index in [1.54, 1.807) is 4.90 Å². The van der Waals surface area contributed by atoms with Crippen LogP contribution in [0, 0.1) is 0 Å². The van der Waals surface area contributed by atoms with E-state index in [9.17, 15) is 14.7 Å². The number of carbonyl (C=O) groups is 2. The van der Waals surface area contributed by atoms with Gasteiger partial charge in [-0.25, -0.2) is 0 Å². The van der Waals surface area contributed by atoms with E-state index in [1.165, 1.54) is 31.9 Å². The highest BCUT2D eigenvalue weighted by molar-refractivity contribution is 5.95. The fourth-order valence-corrected chi connectivity index (χ4v) is 5.11. The second-order valence-electron chi connectivity index (χ2n) is 9.40. The predicted molar refractivity (Wildman–Crippen MR) is 136 cm³/mol. The van der Waals surface area contributed by atoms with Gasteiger partial charge >= 0.3 is 0 Å². The van der Waals surface area contributed by atoms with Crippen molar-refractivity contribution in [3.05, 3.63) is 47.5 Å². The summed E-state index contributed by atoms with van der Waals surface area (Å²) in [7, 11) is 2.85. The second-order valence-corrected chi connectivity index (χ2v) is 9.40. The van der Waals surface area contributed by atoms with Gasteiger partial charge in [-0.15, -0.1) is 0 Å². The average Bonchev–Trinajstić information content (AvgIpc) is 2.91. The lowest BCUT2D eigenvalue weighted by atomic mass is 9.95. The number of fused-ring (bicyclic) bond motifs is 3. The molecule has 194 valence electrons. The van der Waals surface area contributed by atoms with Gasteiger partial charge in [0.1, 0.15) is 12.4 Å². The predicted octanol–water partition coefficient (Wildman–Crippen LogP) is 4.04. The Bertz CT molecular complexity index is 1050. The molecule has 36 heavy (non-hydrogen) atoms. The lowest BCUT2D eigenvalue weighted by Gasteiger charge is -2.36. The van der Waals surface area contributed by atoms with Gasteiger partial charge in [0.25, 0.3) is 5.91 Å². The zero-order valence-electron chi connectivity index (χ0n) is 21.2. The van der Waals surface area contributed by atoms with Crippen LogP contribution < -0.4 is 14.2 Å². The maximum atomic E-state index is 13.5. The van der Waals surface area contributed by atoms with Gasteiger partial charge in [-0.05, 0) is 68.4 Å². The number of ether oxygens (including phenoxy) is 3. The highest BCUT2D eigenvalue weighted by Gasteiger charge is 2.27. The first-order valence-corrected chi connectivity index (χ1v) is 12.8. The minimum atomic E-state index is -0.239. The van der Waals surface area contributed by atoms with E-state index < -0.39 is 0 Å². The molecule has 2 aliphatic heterocycles. The van der Waals surface area contributed by atoms with Crippen LogP contribution in [0.15, 0.2) is 36.4 Å². The number of benzene rings is 2. The molecule has 1 N–H and O–H groups in total. The summed E-state index contributed by atoms with van der Waals surface area (Å²) in [5.74, 6) is 0.875. The Morgan fingerprint density at radius 1 is 0.972 bits per heavy atom. The molecule has 2 aliphatic rings. The van der Waals surface area contributed by atoms with Gasteiger partial charge in [-0.3, -0.25) is 9.59 Å². The summed E-state index contributed by atoms with van der Waals surface area (Å²) >= 11 is 0. The lowest BCUT2D eigenvalue weighted by molar-refractivity contribution is -0.135. The molecule has 2 aromatic rings. The van der Waals surface area contributed by atoms with Crippen LogP contribution in [0.25, 0.3) is 0 Å². The summed E-state index contributed by atoms with van der Waals surface area (Å²) < 4.78 is 16.5. The smallest absolute Gasteiger partial charge is 0.254 e. The second kappa shape index (κ2) is 12.0. The molecule has 2 heterocycles. The van der Waals surface area contributed by atoms with Crippen molar-refractivity contribution < 1.29 is 28.9 Å². The van der Waals surface area contributed by atoms with Crippen LogP contribution in [-0.2, 0) is 11.2 Å². The summed E-state index contributed by atoms with van der Waals surface area (Å²) in [5.41, 5.74) is 1.53. The number of phenolic OH excluding ortho intramolecular Hbond substituents is 1. The minimum absolute atomic E-state index is 0.154. The van der Waals surface area contributed by atoms with Gasteiger partial charge in [0, 0.05) is 31.1 Å². The van der Waals surface area contributed by atoms with Gasteiger partial charge in [0.05, 0.1) is 20.8 Å². The Kier molecular flexibility index (Phi) is 8.57. The van der Waals surface area contributed by atoms with Crippen LogP contribution in [0.2, 0.25) is 0 Å². The maximum absolute atomic E-state index is 13.5. The highest BCUT2D eigenvalue weighted by Crippen LogP contribution is 2.37. The molecule has 0 aliphatic carbocycles. The average molecular weight is 497 g/mol. The van der Waals surface area contributed by atoms with Gasteiger partial charge in [0.15, 0.2) is 11.5 Å². The highest BCUT2D eigenvalue weighted by atomic mass is 16.5. The van der Waals surface area contributed by atoms with E-state index in [0.29, 0.717) is 38.1 Å². The molecule has 1 saturated heterocycles. The third kappa shape index (κ3) is 6.04. The van der Waals surface area contributed by atoms with E-state index in [1.807, 2.05) is 12.1 Å². The first-order chi connectivity index (χ1) is 17.5. The Hall–Kier alpha value is -3.42. The Morgan fingerprint density at radius 3 is 2.50 bits per heavy atom. The van der Waals surface area contributed by atoms with E-state index >= 15 is 0 Å². The Balaban J connectivity index is 1.57. The molecule has 8 nitrogen and oxygen atoms in total. The number of carbonyl (C=O) groups excluding carboxylic acids is 2. The summed E-state index contributed by atoms with van der Waals surface area (Å²) in [6.45, 7) is 1.90. The number of amides is 2. The first kappa shape index (κ1) is 25.7. The van der Waals surface area contributed by atoms with Crippen LogP contribution in [0.5, 0.6) is 23.0 Å². The van der Waals surface area contributed by atoms with Crippen molar-refractivity contribution in [2.24, 2.45) is 0 Å². The van der Waals surface area contributed by atoms with Crippen molar-refractivity contribution in [2.75, 3.05) is 40.5 Å². The number of rotatable bonds is 3. The van der Waals surface area contributed by atoms with E-state index in [-0.39, 0.29) is 35.1 Å². The molecule has 1 fully saturated rings. The Morgan fingerprint density at radius 2 is 1.75 bits per heavy atom. The zero-order valence-corrected chi connectivity index (χ0v) is 21.2. The van der Waals surface area contributed by atoms with Gasteiger partial charge in [-0.1, -0.05) is 12.1 Å². The molecule has 2 amide bonds. The van der Waals surface area contributed by atoms with E-state index in [4.69, 9.17) is 14.2 Å². The summed E-state index contributed by atoms with van der Waals surface area (Å²) in [6, 6.07) is 11.3. The van der Waals surface area contributed by atoms with Crippen molar-refractivity contribution in [1.82, 2.24) is 9.80 Å². The minimum Gasteiger partial charge on any atom is -0.502 e. The van der Waals surface area contributed by atoms with Crippen molar-refractivity contribution in [3.63, 3.8) is 0 Å². The number of phenols is 1. The molecule has 0 saturated carbocycles. The van der Waals surface area contributed by atoms with Crippen LogP contribution in [0.1, 0.15) is 54.4 Å². The van der Waals surface area contributed by atoms with Crippen molar-refractivity contribution >= 4 is 11.8 Å². The molecule has 4 rings (SSSR count). The molecule has 0 spiro atoms. The van der Waals surface area contributed by atoms with Gasteiger partial charge < -0.3 is 29.1 Å². The monoisotopic (exact) mass is 496 g/mol. The maximum Gasteiger partial charge on any atom is 0.254 e. The first-order valence-electron chi connectivity index (χ1n) is 12.8. The molecular formula is C28H36N2O6. The number of nitrogens with zero attached hydrogens (tertiary/aromatic N) is 2. The van der Waals surface area contributed by atoms with Crippen molar-refractivity contribution in [3.8, 4) is 23.0 Å². The van der Waals surface area contributed by atoms with Crippen molar-refractivity contribution in [1.29, 1.82) is 0 Å². The summed E-state index contributed by atoms with van der Waals surface area (Å²) in [5, 5.41) is 10.2. The van der Waals surface area contributed by atoms with E-state index in [2.05, 4.69) is 17.0 Å². The number of hydrogen-bond donors (Lipinski definition) is 1. The van der Waals surface area contributed by atoms with Crippen LogP contribution in [-0.4, -0.2) is 73.2 Å². The Labute approximate surface area is 212 Å². The molecule has 8 heteroatoms.